The second kappa shape index (κ2) is 5.09. The third-order valence-electron chi connectivity index (χ3n) is 2.84. The van der Waals surface area contributed by atoms with Crippen LogP contribution in [0.2, 0.25) is 0 Å². The Hall–Kier alpha value is -1.39. The molecule has 86 valence electrons. The first-order valence-electron chi connectivity index (χ1n) is 5.57. The van der Waals surface area contributed by atoms with E-state index in [4.69, 9.17) is 0 Å². The number of amides is 1. The summed E-state index contributed by atoms with van der Waals surface area (Å²) in [6, 6.07) is 9.80. The van der Waals surface area contributed by atoms with E-state index < -0.39 is 0 Å². The number of hydrazine groups is 1. The van der Waals surface area contributed by atoms with Crippen LogP contribution in [0.15, 0.2) is 30.3 Å². The first-order chi connectivity index (χ1) is 7.77. The molecule has 0 bridgehead atoms. The van der Waals surface area contributed by atoms with Crippen molar-refractivity contribution < 1.29 is 4.79 Å². The normalized spacial score (nSPS) is 24.3. The van der Waals surface area contributed by atoms with Gasteiger partial charge in [-0.15, -0.1) is 0 Å². The molecular formula is C12H17N3O. The monoisotopic (exact) mass is 219 g/mol. The van der Waals surface area contributed by atoms with Gasteiger partial charge in [-0.3, -0.25) is 10.2 Å². The highest BCUT2D eigenvalue weighted by Gasteiger charge is 2.28. The molecule has 1 amide bonds. The fraction of sp³-hybridized carbons (Fsp3) is 0.417. The number of hydrogen-bond acceptors (Lipinski definition) is 3. The number of hydrogen-bond donors (Lipinski definition) is 3. The van der Waals surface area contributed by atoms with Crippen molar-refractivity contribution in [3.63, 3.8) is 0 Å². The van der Waals surface area contributed by atoms with Gasteiger partial charge in [0.1, 0.15) is 6.04 Å². The molecule has 0 saturated carbocycles. The molecule has 0 radical (unpaired) electrons. The van der Waals surface area contributed by atoms with E-state index in [0.717, 1.165) is 12.1 Å². The molecule has 1 saturated heterocycles. The van der Waals surface area contributed by atoms with Crippen molar-refractivity contribution in [1.82, 2.24) is 16.2 Å². The Morgan fingerprint density at radius 1 is 1.44 bits per heavy atom. The molecule has 1 heterocycles. The van der Waals surface area contributed by atoms with Crippen LogP contribution >= 0.6 is 0 Å². The van der Waals surface area contributed by atoms with Crippen LogP contribution in [0, 0.1) is 5.92 Å². The van der Waals surface area contributed by atoms with Crippen LogP contribution in [-0.2, 0) is 11.3 Å². The number of benzene rings is 1. The minimum atomic E-state index is -0.122. The molecule has 4 nitrogen and oxygen atoms in total. The summed E-state index contributed by atoms with van der Waals surface area (Å²) < 4.78 is 0. The van der Waals surface area contributed by atoms with Crippen molar-refractivity contribution in [3.05, 3.63) is 35.9 Å². The Labute approximate surface area is 95.4 Å². The summed E-state index contributed by atoms with van der Waals surface area (Å²) in [5.74, 6) is 0.386. The molecule has 2 rings (SSSR count). The van der Waals surface area contributed by atoms with E-state index in [0.29, 0.717) is 12.5 Å². The lowest BCUT2D eigenvalue weighted by molar-refractivity contribution is -0.123. The van der Waals surface area contributed by atoms with Crippen LogP contribution in [0.4, 0.5) is 0 Å². The van der Waals surface area contributed by atoms with E-state index in [2.05, 4.69) is 23.1 Å². The fourth-order valence-electron chi connectivity index (χ4n) is 1.81. The average molecular weight is 219 g/mol. The molecule has 2 atom stereocenters. The van der Waals surface area contributed by atoms with Crippen LogP contribution in [0.1, 0.15) is 12.5 Å². The van der Waals surface area contributed by atoms with E-state index in [1.54, 1.807) is 0 Å². The van der Waals surface area contributed by atoms with E-state index in [1.165, 1.54) is 0 Å². The molecule has 2 unspecified atom stereocenters. The van der Waals surface area contributed by atoms with Gasteiger partial charge in [0.2, 0.25) is 5.91 Å². The highest BCUT2D eigenvalue weighted by Crippen LogP contribution is 2.06. The standard InChI is InChI=1S/C12H17N3O/c1-9-7-14-15-11(9)12(16)13-8-10-5-3-2-4-6-10/h2-6,9,11,14-15H,7-8H2,1H3,(H,13,16). The summed E-state index contributed by atoms with van der Waals surface area (Å²) >= 11 is 0. The second-order valence-electron chi connectivity index (χ2n) is 4.18. The van der Waals surface area contributed by atoms with Crippen LogP contribution in [-0.4, -0.2) is 18.5 Å². The van der Waals surface area contributed by atoms with Crippen molar-refractivity contribution in [2.75, 3.05) is 6.54 Å². The van der Waals surface area contributed by atoms with Gasteiger partial charge in [0.05, 0.1) is 0 Å². The van der Waals surface area contributed by atoms with E-state index in [-0.39, 0.29) is 11.9 Å². The maximum atomic E-state index is 11.8. The molecular weight excluding hydrogens is 202 g/mol. The number of nitrogens with one attached hydrogen (secondary N) is 3. The number of carbonyl (C=O) groups is 1. The lowest BCUT2D eigenvalue weighted by atomic mass is 10.0. The van der Waals surface area contributed by atoms with Gasteiger partial charge < -0.3 is 5.32 Å². The molecule has 1 aromatic carbocycles. The van der Waals surface area contributed by atoms with Crippen LogP contribution in [0.25, 0.3) is 0 Å². The van der Waals surface area contributed by atoms with Gasteiger partial charge in [0.15, 0.2) is 0 Å². The van der Waals surface area contributed by atoms with Crippen LogP contribution in [0.5, 0.6) is 0 Å². The molecule has 1 aromatic rings. The van der Waals surface area contributed by atoms with Gasteiger partial charge in [-0.1, -0.05) is 37.3 Å². The van der Waals surface area contributed by atoms with Crippen molar-refractivity contribution in [1.29, 1.82) is 0 Å². The summed E-state index contributed by atoms with van der Waals surface area (Å²) in [4.78, 5) is 11.8. The summed E-state index contributed by atoms with van der Waals surface area (Å²) in [5, 5.41) is 2.93. The predicted molar refractivity (Wildman–Crippen MR) is 62.4 cm³/mol. The summed E-state index contributed by atoms with van der Waals surface area (Å²) in [6.07, 6.45) is 0. The Morgan fingerprint density at radius 2 is 2.19 bits per heavy atom. The Morgan fingerprint density at radius 3 is 2.81 bits per heavy atom. The van der Waals surface area contributed by atoms with Gasteiger partial charge >= 0.3 is 0 Å². The van der Waals surface area contributed by atoms with E-state index in [9.17, 15) is 4.79 Å². The maximum Gasteiger partial charge on any atom is 0.239 e. The lowest BCUT2D eigenvalue weighted by Crippen LogP contribution is -2.44. The highest BCUT2D eigenvalue weighted by molar-refractivity contribution is 5.82. The van der Waals surface area contributed by atoms with Crippen molar-refractivity contribution in [2.24, 2.45) is 5.92 Å². The van der Waals surface area contributed by atoms with E-state index in [1.807, 2.05) is 30.3 Å². The molecule has 1 aliphatic heterocycles. The Bertz CT molecular complexity index is 353. The first-order valence-corrected chi connectivity index (χ1v) is 5.57. The van der Waals surface area contributed by atoms with Crippen molar-refractivity contribution >= 4 is 5.91 Å². The summed E-state index contributed by atoms with van der Waals surface area (Å²) in [6.45, 7) is 3.48. The molecule has 0 aromatic heterocycles. The van der Waals surface area contributed by atoms with Gasteiger partial charge in [-0.05, 0) is 11.5 Å². The fourth-order valence-corrected chi connectivity index (χ4v) is 1.81. The molecule has 16 heavy (non-hydrogen) atoms. The third-order valence-corrected chi connectivity index (χ3v) is 2.84. The van der Waals surface area contributed by atoms with Gasteiger partial charge in [0, 0.05) is 13.1 Å². The van der Waals surface area contributed by atoms with Crippen molar-refractivity contribution in [3.8, 4) is 0 Å². The molecule has 4 heteroatoms. The van der Waals surface area contributed by atoms with Gasteiger partial charge in [-0.2, -0.15) is 0 Å². The van der Waals surface area contributed by atoms with Gasteiger partial charge in [-0.25, -0.2) is 5.43 Å². The van der Waals surface area contributed by atoms with Crippen molar-refractivity contribution in [2.45, 2.75) is 19.5 Å². The molecule has 0 spiro atoms. The second-order valence-corrected chi connectivity index (χ2v) is 4.18. The van der Waals surface area contributed by atoms with Gasteiger partial charge in [0.25, 0.3) is 0 Å². The quantitative estimate of drug-likeness (QED) is 0.690. The highest BCUT2D eigenvalue weighted by atomic mass is 16.2. The number of rotatable bonds is 3. The SMILES string of the molecule is CC1CNNC1C(=O)NCc1ccccc1. The number of carbonyl (C=O) groups excluding carboxylic acids is 1. The minimum Gasteiger partial charge on any atom is -0.351 e. The average Bonchev–Trinajstić information content (AvgIpc) is 2.74. The smallest absolute Gasteiger partial charge is 0.239 e. The largest absolute Gasteiger partial charge is 0.351 e. The topological polar surface area (TPSA) is 53.2 Å². The molecule has 0 aliphatic carbocycles. The zero-order chi connectivity index (χ0) is 11.4. The maximum absolute atomic E-state index is 11.8. The Kier molecular flexibility index (Phi) is 3.54. The first kappa shape index (κ1) is 11.1. The molecule has 1 aliphatic rings. The summed E-state index contributed by atoms with van der Waals surface area (Å²) in [5.41, 5.74) is 7.09. The molecule has 3 N–H and O–H groups in total. The lowest BCUT2D eigenvalue weighted by Gasteiger charge is -2.14. The summed E-state index contributed by atoms with van der Waals surface area (Å²) in [7, 11) is 0. The van der Waals surface area contributed by atoms with Crippen LogP contribution < -0.4 is 16.2 Å². The predicted octanol–water partition coefficient (Wildman–Crippen LogP) is 0.415. The van der Waals surface area contributed by atoms with E-state index >= 15 is 0 Å². The zero-order valence-corrected chi connectivity index (χ0v) is 9.36. The third kappa shape index (κ3) is 2.59. The Balaban J connectivity index is 1.84. The minimum absolute atomic E-state index is 0.0568. The molecule has 1 fully saturated rings. The van der Waals surface area contributed by atoms with Crippen LogP contribution in [0.3, 0.4) is 0 Å². The zero-order valence-electron chi connectivity index (χ0n) is 9.36.